The van der Waals surface area contributed by atoms with E-state index in [1.807, 2.05) is 0 Å². The number of carbonyl (C=O) groups is 2. The number of aromatic amines is 1. The predicted molar refractivity (Wildman–Crippen MR) is 70.1 cm³/mol. The summed E-state index contributed by atoms with van der Waals surface area (Å²) in [4.78, 5) is 36.3. The average Bonchev–Trinajstić information content (AvgIpc) is 2.40. The van der Waals surface area contributed by atoms with Gasteiger partial charge in [0.15, 0.2) is 0 Å². The van der Waals surface area contributed by atoms with E-state index in [0.717, 1.165) is 6.07 Å². The summed E-state index contributed by atoms with van der Waals surface area (Å²) in [7, 11) is 0. The third kappa shape index (κ3) is 2.83. The number of rotatable bonds is 3. The van der Waals surface area contributed by atoms with E-state index in [4.69, 9.17) is 5.11 Å². The maximum absolute atomic E-state index is 11.9. The number of benzene rings is 1. The standard InChI is InChI=1S/C13H10N2O5/c16-7-4-5-9(8(6-7)13(19)20)15-12(18)10-2-1-3-11(17)14-10/h1-6,16H,(H,14,17)(H,15,18)(H,19,20). The number of aromatic hydroxyl groups is 1. The molecule has 0 aliphatic heterocycles. The van der Waals surface area contributed by atoms with Gasteiger partial charge in [0, 0.05) is 6.07 Å². The van der Waals surface area contributed by atoms with Crippen molar-refractivity contribution in [2.24, 2.45) is 0 Å². The van der Waals surface area contributed by atoms with Gasteiger partial charge in [-0.1, -0.05) is 6.07 Å². The van der Waals surface area contributed by atoms with Gasteiger partial charge in [-0.25, -0.2) is 4.79 Å². The van der Waals surface area contributed by atoms with Crippen LogP contribution in [0, 0.1) is 0 Å². The number of amides is 1. The van der Waals surface area contributed by atoms with Crippen molar-refractivity contribution in [1.82, 2.24) is 4.98 Å². The van der Waals surface area contributed by atoms with Crippen LogP contribution in [0.2, 0.25) is 0 Å². The molecule has 0 unspecified atom stereocenters. The lowest BCUT2D eigenvalue weighted by molar-refractivity contribution is 0.0697. The molecule has 0 atom stereocenters. The number of phenolic OH excluding ortho intramolecular Hbond substituents is 1. The lowest BCUT2D eigenvalue weighted by Crippen LogP contribution is -2.19. The van der Waals surface area contributed by atoms with Gasteiger partial charge in [-0.2, -0.15) is 0 Å². The summed E-state index contributed by atoms with van der Waals surface area (Å²) in [5, 5.41) is 20.6. The number of anilines is 1. The molecule has 1 aromatic heterocycles. The first-order valence-electron chi connectivity index (χ1n) is 5.54. The van der Waals surface area contributed by atoms with Crippen molar-refractivity contribution in [3.63, 3.8) is 0 Å². The van der Waals surface area contributed by atoms with Crippen LogP contribution in [0.1, 0.15) is 20.8 Å². The van der Waals surface area contributed by atoms with Crippen molar-refractivity contribution in [1.29, 1.82) is 0 Å². The number of hydrogen-bond donors (Lipinski definition) is 4. The fourth-order valence-corrected chi connectivity index (χ4v) is 1.59. The summed E-state index contributed by atoms with van der Waals surface area (Å²) in [6.45, 7) is 0. The summed E-state index contributed by atoms with van der Waals surface area (Å²) in [5.41, 5.74) is -0.676. The Kier molecular flexibility index (Phi) is 3.52. The van der Waals surface area contributed by atoms with Crippen molar-refractivity contribution < 1.29 is 19.8 Å². The zero-order valence-electron chi connectivity index (χ0n) is 10.1. The van der Waals surface area contributed by atoms with Crippen LogP contribution in [0.5, 0.6) is 5.75 Å². The number of nitrogens with one attached hydrogen (secondary N) is 2. The van der Waals surface area contributed by atoms with E-state index in [-0.39, 0.29) is 22.7 Å². The molecule has 2 rings (SSSR count). The Balaban J connectivity index is 2.33. The molecule has 7 nitrogen and oxygen atoms in total. The SMILES string of the molecule is O=C(Nc1ccc(O)cc1C(=O)O)c1cccc(=O)[nH]1. The number of hydrogen-bond acceptors (Lipinski definition) is 4. The number of aromatic carboxylic acids is 1. The molecule has 0 spiro atoms. The molecule has 1 heterocycles. The average molecular weight is 274 g/mol. The normalized spacial score (nSPS) is 10.0. The molecule has 0 fully saturated rings. The highest BCUT2D eigenvalue weighted by Crippen LogP contribution is 2.21. The zero-order valence-corrected chi connectivity index (χ0v) is 10.1. The maximum Gasteiger partial charge on any atom is 0.337 e. The third-order valence-electron chi connectivity index (χ3n) is 2.49. The third-order valence-corrected chi connectivity index (χ3v) is 2.49. The number of carboxylic acid groups (broad SMARTS) is 1. The van der Waals surface area contributed by atoms with Crippen molar-refractivity contribution in [2.75, 3.05) is 5.32 Å². The van der Waals surface area contributed by atoms with Gasteiger partial charge in [0.2, 0.25) is 5.56 Å². The number of aromatic nitrogens is 1. The summed E-state index contributed by atoms with van der Waals surface area (Å²) >= 11 is 0. The first-order valence-corrected chi connectivity index (χ1v) is 5.54. The molecule has 1 aromatic carbocycles. The summed E-state index contributed by atoms with van der Waals surface area (Å²) in [6, 6.07) is 7.57. The molecule has 0 saturated heterocycles. The fourth-order valence-electron chi connectivity index (χ4n) is 1.59. The van der Waals surface area contributed by atoms with Gasteiger partial charge in [-0.05, 0) is 24.3 Å². The minimum Gasteiger partial charge on any atom is -0.508 e. The van der Waals surface area contributed by atoms with Crippen molar-refractivity contribution in [2.45, 2.75) is 0 Å². The molecule has 2 aromatic rings. The quantitative estimate of drug-likeness (QED) is 0.623. The van der Waals surface area contributed by atoms with Gasteiger partial charge < -0.3 is 20.5 Å². The lowest BCUT2D eigenvalue weighted by atomic mass is 10.1. The van der Waals surface area contributed by atoms with Crippen LogP contribution in [0.15, 0.2) is 41.2 Å². The Morgan fingerprint density at radius 2 is 1.90 bits per heavy atom. The van der Waals surface area contributed by atoms with Crippen molar-refractivity contribution >= 4 is 17.6 Å². The van der Waals surface area contributed by atoms with Crippen LogP contribution in [-0.4, -0.2) is 27.1 Å². The number of H-pyrrole nitrogens is 1. The second-order valence-corrected chi connectivity index (χ2v) is 3.92. The molecular weight excluding hydrogens is 264 g/mol. The molecule has 7 heteroatoms. The Morgan fingerprint density at radius 3 is 2.55 bits per heavy atom. The van der Waals surface area contributed by atoms with Crippen molar-refractivity contribution in [3.8, 4) is 5.75 Å². The molecule has 0 saturated carbocycles. The number of pyridine rings is 1. The highest BCUT2D eigenvalue weighted by molar-refractivity contribution is 6.06. The topological polar surface area (TPSA) is 119 Å². The van der Waals surface area contributed by atoms with E-state index in [9.17, 15) is 19.5 Å². The van der Waals surface area contributed by atoms with Gasteiger partial charge in [0.1, 0.15) is 11.4 Å². The highest BCUT2D eigenvalue weighted by atomic mass is 16.4. The lowest BCUT2D eigenvalue weighted by Gasteiger charge is -2.08. The summed E-state index contributed by atoms with van der Waals surface area (Å²) < 4.78 is 0. The van der Waals surface area contributed by atoms with Crippen LogP contribution in [0.3, 0.4) is 0 Å². The molecule has 0 bridgehead atoms. The molecule has 4 N–H and O–H groups in total. The first-order chi connectivity index (χ1) is 9.47. The Hall–Kier alpha value is -3.09. The number of carboxylic acids is 1. The number of carbonyl (C=O) groups excluding carboxylic acids is 1. The van der Waals surface area contributed by atoms with E-state index in [2.05, 4.69) is 10.3 Å². The van der Waals surface area contributed by atoms with Crippen LogP contribution in [0.4, 0.5) is 5.69 Å². The Labute approximate surface area is 112 Å². The van der Waals surface area contributed by atoms with E-state index in [0.29, 0.717) is 0 Å². The van der Waals surface area contributed by atoms with Gasteiger partial charge in [-0.3, -0.25) is 9.59 Å². The minimum atomic E-state index is -1.29. The minimum absolute atomic E-state index is 0.00177. The van der Waals surface area contributed by atoms with Crippen LogP contribution in [-0.2, 0) is 0 Å². The van der Waals surface area contributed by atoms with Gasteiger partial charge in [0.25, 0.3) is 5.91 Å². The van der Waals surface area contributed by atoms with E-state index in [1.165, 1.54) is 30.3 Å². The summed E-state index contributed by atoms with van der Waals surface area (Å²) in [6.07, 6.45) is 0. The second-order valence-electron chi connectivity index (χ2n) is 3.92. The molecule has 0 aliphatic carbocycles. The molecule has 0 radical (unpaired) electrons. The maximum atomic E-state index is 11.9. The number of phenols is 1. The van der Waals surface area contributed by atoms with E-state index < -0.39 is 17.4 Å². The molecule has 1 amide bonds. The van der Waals surface area contributed by atoms with Crippen LogP contribution < -0.4 is 10.9 Å². The van der Waals surface area contributed by atoms with E-state index in [1.54, 1.807) is 0 Å². The molecular formula is C13H10N2O5. The van der Waals surface area contributed by atoms with Crippen LogP contribution >= 0.6 is 0 Å². The smallest absolute Gasteiger partial charge is 0.337 e. The molecule has 20 heavy (non-hydrogen) atoms. The van der Waals surface area contributed by atoms with E-state index >= 15 is 0 Å². The monoisotopic (exact) mass is 274 g/mol. The largest absolute Gasteiger partial charge is 0.508 e. The van der Waals surface area contributed by atoms with Gasteiger partial charge in [0.05, 0.1) is 11.3 Å². The van der Waals surface area contributed by atoms with Gasteiger partial charge in [-0.15, -0.1) is 0 Å². The van der Waals surface area contributed by atoms with Crippen molar-refractivity contribution in [3.05, 3.63) is 58.0 Å². The fraction of sp³-hybridized carbons (Fsp3) is 0. The molecule has 102 valence electrons. The zero-order chi connectivity index (χ0) is 14.7. The predicted octanol–water partition coefficient (Wildman–Crippen LogP) is 1.03. The second kappa shape index (κ2) is 5.27. The molecule has 0 aliphatic rings. The highest BCUT2D eigenvalue weighted by Gasteiger charge is 2.14. The summed E-state index contributed by atoms with van der Waals surface area (Å²) in [5.74, 6) is -2.18. The van der Waals surface area contributed by atoms with Crippen LogP contribution in [0.25, 0.3) is 0 Å². The Morgan fingerprint density at radius 1 is 1.15 bits per heavy atom. The Bertz CT molecular complexity index is 736. The first kappa shape index (κ1) is 13.3. The van der Waals surface area contributed by atoms with Gasteiger partial charge >= 0.3 is 5.97 Å².